The summed E-state index contributed by atoms with van der Waals surface area (Å²) in [4.78, 5) is 37.3. The lowest BCUT2D eigenvalue weighted by atomic mass is 10.1. The maximum atomic E-state index is 13.1. The number of hydrogen-bond acceptors (Lipinski definition) is 5. The first-order valence-corrected chi connectivity index (χ1v) is 9.64. The van der Waals surface area contributed by atoms with Gasteiger partial charge in [0.15, 0.2) is 0 Å². The zero-order valence-electron chi connectivity index (χ0n) is 17.5. The van der Waals surface area contributed by atoms with Gasteiger partial charge in [0, 0.05) is 49.7 Å². The molecule has 8 nitrogen and oxygen atoms in total. The Morgan fingerprint density at radius 2 is 1.62 bits per heavy atom. The van der Waals surface area contributed by atoms with Gasteiger partial charge in [-0.05, 0) is 48.0 Å². The summed E-state index contributed by atoms with van der Waals surface area (Å²) < 4.78 is 13.1. The predicted molar refractivity (Wildman–Crippen MR) is 119 cm³/mol. The van der Waals surface area contributed by atoms with Crippen LogP contribution in [0.1, 0.15) is 26.3 Å². The van der Waals surface area contributed by atoms with Crippen LogP contribution in [0, 0.1) is 15.9 Å². The number of non-ortho nitro benzene ring substituents is 1. The molecule has 0 saturated carbocycles. The fourth-order valence-corrected chi connectivity index (χ4v) is 3.00. The number of carbonyl (C=O) groups is 2. The Bertz CT molecular complexity index is 1150. The zero-order valence-corrected chi connectivity index (χ0v) is 17.5. The molecule has 0 spiro atoms. The van der Waals surface area contributed by atoms with E-state index in [1.54, 1.807) is 49.3 Å². The Labute approximate surface area is 183 Å². The summed E-state index contributed by atoms with van der Waals surface area (Å²) in [5.41, 5.74) is 2.26. The molecule has 32 heavy (non-hydrogen) atoms. The van der Waals surface area contributed by atoms with Crippen molar-refractivity contribution < 1.29 is 18.9 Å². The van der Waals surface area contributed by atoms with Crippen LogP contribution in [0.25, 0.3) is 0 Å². The summed E-state index contributed by atoms with van der Waals surface area (Å²) in [6, 6.07) is 16.0. The van der Waals surface area contributed by atoms with E-state index in [1.807, 2.05) is 0 Å². The molecule has 0 aromatic heterocycles. The monoisotopic (exact) mass is 436 g/mol. The van der Waals surface area contributed by atoms with Gasteiger partial charge in [0.1, 0.15) is 5.82 Å². The largest absolute Gasteiger partial charge is 0.377 e. The Morgan fingerprint density at radius 3 is 2.22 bits per heavy atom. The Morgan fingerprint density at radius 1 is 0.969 bits per heavy atom. The topological polar surface area (TPSA) is 105 Å². The first-order valence-electron chi connectivity index (χ1n) is 9.64. The number of anilines is 2. The molecule has 9 heteroatoms. The minimum Gasteiger partial charge on any atom is -0.377 e. The maximum absolute atomic E-state index is 13.1. The first-order chi connectivity index (χ1) is 15.2. The van der Waals surface area contributed by atoms with Gasteiger partial charge in [0.25, 0.3) is 17.5 Å². The third kappa shape index (κ3) is 5.45. The van der Waals surface area contributed by atoms with Crippen LogP contribution in [0.4, 0.5) is 21.5 Å². The molecule has 2 amide bonds. The highest BCUT2D eigenvalue weighted by Gasteiger charge is 2.16. The number of nitro groups is 1. The van der Waals surface area contributed by atoms with Crippen LogP contribution in [0.5, 0.6) is 0 Å². The molecule has 164 valence electrons. The lowest BCUT2D eigenvalue weighted by Crippen LogP contribution is -2.25. The third-order valence-corrected chi connectivity index (χ3v) is 4.69. The highest BCUT2D eigenvalue weighted by molar-refractivity contribution is 6.06. The van der Waals surface area contributed by atoms with Crippen molar-refractivity contribution in [3.8, 4) is 0 Å². The lowest BCUT2D eigenvalue weighted by Gasteiger charge is -2.18. The van der Waals surface area contributed by atoms with Crippen molar-refractivity contribution in [1.29, 1.82) is 0 Å². The number of halogens is 1. The van der Waals surface area contributed by atoms with Gasteiger partial charge in [0.05, 0.1) is 10.5 Å². The van der Waals surface area contributed by atoms with E-state index in [-0.39, 0.29) is 29.5 Å². The summed E-state index contributed by atoms with van der Waals surface area (Å²) in [6.07, 6.45) is 0. The summed E-state index contributed by atoms with van der Waals surface area (Å²) in [5.74, 6) is -1.17. The smallest absolute Gasteiger partial charge is 0.269 e. The number of carbonyl (C=O) groups excluding carboxylic acids is 2. The molecule has 0 radical (unpaired) electrons. The van der Waals surface area contributed by atoms with E-state index in [1.165, 1.54) is 36.4 Å². The number of nitrogens with zero attached hydrogens (tertiary/aromatic N) is 2. The number of rotatable bonds is 7. The van der Waals surface area contributed by atoms with Crippen molar-refractivity contribution in [2.75, 3.05) is 24.3 Å². The SMILES string of the molecule is CN(C)c1ccc(NC(=O)c2ccc([N+](=O)[O-])cc2)cc1C(=O)NCc1ccc(F)cc1. The molecule has 0 aliphatic heterocycles. The number of amides is 2. The summed E-state index contributed by atoms with van der Waals surface area (Å²) in [6.45, 7) is 0.214. The summed E-state index contributed by atoms with van der Waals surface area (Å²) >= 11 is 0. The van der Waals surface area contributed by atoms with Crippen LogP contribution in [0.3, 0.4) is 0 Å². The minimum atomic E-state index is -0.543. The number of nitrogens with one attached hydrogen (secondary N) is 2. The number of hydrogen-bond donors (Lipinski definition) is 2. The standard InChI is InChI=1S/C23H21FN4O4/c1-27(2)21-12-9-18(26-22(29)16-5-10-19(11-6-16)28(31)32)13-20(21)23(30)25-14-15-3-7-17(24)8-4-15/h3-13H,14H2,1-2H3,(H,25,30)(H,26,29). The molecule has 0 aliphatic carbocycles. The van der Waals surface area contributed by atoms with Gasteiger partial charge < -0.3 is 15.5 Å². The Hall–Kier alpha value is -4.27. The van der Waals surface area contributed by atoms with Crippen molar-refractivity contribution in [2.24, 2.45) is 0 Å². The van der Waals surface area contributed by atoms with Gasteiger partial charge in [-0.2, -0.15) is 0 Å². The van der Waals surface area contributed by atoms with E-state index in [2.05, 4.69) is 10.6 Å². The van der Waals surface area contributed by atoms with E-state index in [4.69, 9.17) is 0 Å². The van der Waals surface area contributed by atoms with Crippen LogP contribution in [-0.2, 0) is 6.54 Å². The van der Waals surface area contributed by atoms with Crippen LogP contribution in [0.15, 0.2) is 66.7 Å². The van der Waals surface area contributed by atoms with Crippen molar-refractivity contribution in [1.82, 2.24) is 5.32 Å². The molecule has 2 N–H and O–H groups in total. The van der Waals surface area contributed by atoms with Gasteiger partial charge in [0.2, 0.25) is 0 Å². The second-order valence-electron chi connectivity index (χ2n) is 7.19. The molecule has 3 aromatic rings. The minimum absolute atomic E-state index is 0.114. The molecular formula is C23H21FN4O4. The van der Waals surface area contributed by atoms with Gasteiger partial charge in [-0.25, -0.2) is 4.39 Å². The Balaban J connectivity index is 1.77. The van der Waals surface area contributed by atoms with E-state index in [0.717, 1.165) is 5.56 Å². The van der Waals surface area contributed by atoms with Crippen molar-refractivity contribution >= 4 is 28.9 Å². The molecule has 3 rings (SSSR count). The van der Waals surface area contributed by atoms with Crippen LogP contribution < -0.4 is 15.5 Å². The van der Waals surface area contributed by atoms with E-state index >= 15 is 0 Å². The second-order valence-corrected chi connectivity index (χ2v) is 7.19. The Kier molecular flexibility index (Phi) is 6.79. The van der Waals surface area contributed by atoms with Crippen LogP contribution in [0.2, 0.25) is 0 Å². The number of benzene rings is 3. The fraction of sp³-hybridized carbons (Fsp3) is 0.130. The van der Waals surface area contributed by atoms with E-state index in [9.17, 15) is 24.1 Å². The van der Waals surface area contributed by atoms with Crippen molar-refractivity contribution in [3.05, 3.63) is 99.4 Å². The summed E-state index contributed by atoms with van der Waals surface area (Å²) in [7, 11) is 3.59. The van der Waals surface area contributed by atoms with Crippen molar-refractivity contribution in [2.45, 2.75) is 6.54 Å². The van der Waals surface area contributed by atoms with Crippen molar-refractivity contribution in [3.63, 3.8) is 0 Å². The van der Waals surface area contributed by atoms with E-state index < -0.39 is 10.8 Å². The van der Waals surface area contributed by atoms with Gasteiger partial charge in [-0.3, -0.25) is 19.7 Å². The van der Waals surface area contributed by atoms with Gasteiger partial charge in [-0.15, -0.1) is 0 Å². The fourth-order valence-electron chi connectivity index (χ4n) is 3.00. The molecule has 0 bridgehead atoms. The molecule has 0 fully saturated rings. The highest BCUT2D eigenvalue weighted by Crippen LogP contribution is 2.24. The molecule has 0 heterocycles. The second kappa shape index (κ2) is 9.69. The molecule has 0 aliphatic rings. The lowest BCUT2D eigenvalue weighted by molar-refractivity contribution is -0.384. The molecule has 0 unspecified atom stereocenters. The zero-order chi connectivity index (χ0) is 23.3. The maximum Gasteiger partial charge on any atom is 0.269 e. The molecule has 0 saturated heterocycles. The third-order valence-electron chi connectivity index (χ3n) is 4.69. The predicted octanol–water partition coefficient (Wildman–Crippen LogP) is 3.98. The molecular weight excluding hydrogens is 415 g/mol. The summed E-state index contributed by atoms with van der Waals surface area (Å²) in [5, 5.41) is 16.3. The van der Waals surface area contributed by atoms with E-state index in [0.29, 0.717) is 16.9 Å². The quantitative estimate of drug-likeness (QED) is 0.431. The first kappa shape index (κ1) is 22.4. The molecule has 3 aromatic carbocycles. The van der Waals surface area contributed by atoms with Crippen LogP contribution in [-0.4, -0.2) is 30.8 Å². The van der Waals surface area contributed by atoms with Gasteiger partial charge >= 0.3 is 0 Å². The number of nitro benzene ring substituents is 1. The van der Waals surface area contributed by atoms with Crippen LogP contribution >= 0.6 is 0 Å². The normalized spacial score (nSPS) is 10.3. The van der Waals surface area contributed by atoms with Gasteiger partial charge in [-0.1, -0.05) is 12.1 Å². The highest BCUT2D eigenvalue weighted by atomic mass is 19.1. The average molecular weight is 436 g/mol. The average Bonchev–Trinajstić information content (AvgIpc) is 2.78. The molecule has 0 atom stereocenters.